The van der Waals surface area contributed by atoms with Crippen molar-refractivity contribution in [3.8, 4) is 0 Å². The maximum absolute atomic E-state index is 12.8. The normalized spacial score (nSPS) is 20.4. The molecule has 20 heavy (non-hydrogen) atoms. The first-order valence-electron chi connectivity index (χ1n) is 6.91. The summed E-state index contributed by atoms with van der Waals surface area (Å²) in [5.41, 5.74) is 6.61. The van der Waals surface area contributed by atoms with Crippen LogP contribution in [0.15, 0.2) is 29.2 Å². The molecule has 1 aliphatic rings. The Labute approximate surface area is 127 Å². The summed E-state index contributed by atoms with van der Waals surface area (Å²) >= 11 is 0. The van der Waals surface area contributed by atoms with Crippen molar-refractivity contribution in [2.45, 2.75) is 43.5 Å². The van der Waals surface area contributed by atoms with Crippen molar-refractivity contribution in [3.05, 3.63) is 29.8 Å². The van der Waals surface area contributed by atoms with E-state index in [1.165, 1.54) is 0 Å². The Balaban J connectivity index is 0.00000200. The average Bonchev–Trinajstić information content (AvgIpc) is 2.47. The molecule has 0 amide bonds. The highest BCUT2D eigenvalue weighted by atomic mass is 35.5. The Morgan fingerprint density at radius 2 is 2.00 bits per heavy atom. The lowest BCUT2D eigenvalue weighted by Crippen LogP contribution is -2.47. The van der Waals surface area contributed by atoms with Gasteiger partial charge in [0.15, 0.2) is 0 Å². The van der Waals surface area contributed by atoms with Gasteiger partial charge in [-0.25, -0.2) is 8.42 Å². The number of sulfonamides is 1. The maximum atomic E-state index is 12.8. The summed E-state index contributed by atoms with van der Waals surface area (Å²) in [6.07, 6.45) is 3.56. The third kappa shape index (κ3) is 3.34. The second-order valence-electron chi connectivity index (χ2n) is 4.96. The van der Waals surface area contributed by atoms with Crippen molar-refractivity contribution in [3.63, 3.8) is 0 Å². The third-order valence-corrected chi connectivity index (χ3v) is 5.84. The van der Waals surface area contributed by atoms with Gasteiger partial charge in [-0.3, -0.25) is 0 Å². The first kappa shape index (κ1) is 17.4. The maximum Gasteiger partial charge on any atom is 0.243 e. The van der Waals surface area contributed by atoms with Crippen LogP contribution in [0.5, 0.6) is 0 Å². The van der Waals surface area contributed by atoms with E-state index in [9.17, 15) is 8.42 Å². The second kappa shape index (κ2) is 7.41. The van der Waals surface area contributed by atoms with Crippen molar-refractivity contribution >= 4 is 22.4 Å². The third-order valence-electron chi connectivity index (χ3n) is 3.79. The monoisotopic (exact) mass is 318 g/mol. The largest absolute Gasteiger partial charge is 0.329 e. The molecular weight excluding hydrogens is 296 g/mol. The van der Waals surface area contributed by atoms with Crippen molar-refractivity contribution in [2.24, 2.45) is 5.73 Å². The number of rotatable bonds is 4. The van der Waals surface area contributed by atoms with Gasteiger partial charge in [0.25, 0.3) is 0 Å². The lowest BCUT2D eigenvalue weighted by atomic mass is 10.1. The SMILES string of the molecule is CCc1ccccc1S(=O)(=O)N1CCCCC1CN.Cl. The number of halogens is 1. The fourth-order valence-corrected chi connectivity index (χ4v) is 4.70. The van der Waals surface area contributed by atoms with Crippen LogP contribution in [0.4, 0.5) is 0 Å². The minimum Gasteiger partial charge on any atom is -0.329 e. The van der Waals surface area contributed by atoms with Crippen LogP contribution in [-0.2, 0) is 16.4 Å². The number of hydrogen-bond acceptors (Lipinski definition) is 3. The molecule has 1 heterocycles. The smallest absolute Gasteiger partial charge is 0.243 e. The second-order valence-corrected chi connectivity index (χ2v) is 6.82. The summed E-state index contributed by atoms with van der Waals surface area (Å²) in [5.74, 6) is 0. The molecule has 1 aromatic carbocycles. The van der Waals surface area contributed by atoms with Gasteiger partial charge in [-0.15, -0.1) is 12.4 Å². The molecule has 2 rings (SSSR count). The number of nitrogens with two attached hydrogens (primary N) is 1. The summed E-state index contributed by atoms with van der Waals surface area (Å²) in [4.78, 5) is 0.442. The van der Waals surface area contributed by atoms with E-state index in [1.54, 1.807) is 16.4 Å². The Bertz CT molecular complexity index is 534. The molecule has 1 atom stereocenters. The molecule has 114 valence electrons. The molecule has 2 N–H and O–H groups in total. The quantitative estimate of drug-likeness (QED) is 0.925. The number of benzene rings is 1. The molecule has 0 aromatic heterocycles. The number of piperidine rings is 1. The predicted molar refractivity (Wildman–Crippen MR) is 83.7 cm³/mol. The Morgan fingerprint density at radius 1 is 1.30 bits per heavy atom. The lowest BCUT2D eigenvalue weighted by molar-refractivity contribution is 0.257. The van der Waals surface area contributed by atoms with Gasteiger partial charge >= 0.3 is 0 Å². The molecule has 1 unspecified atom stereocenters. The van der Waals surface area contributed by atoms with Gasteiger partial charge in [-0.2, -0.15) is 4.31 Å². The Kier molecular flexibility index (Phi) is 6.45. The van der Waals surface area contributed by atoms with E-state index in [0.717, 1.165) is 31.2 Å². The molecule has 6 heteroatoms. The number of hydrogen-bond donors (Lipinski definition) is 1. The molecule has 0 saturated carbocycles. The van der Waals surface area contributed by atoms with Crippen LogP contribution < -0.4 is 5.73 Å². The van der Waals surface area contributed by atoms with E-state index in [0.29, 0.717) is 18.0 Å². The van der Waals surface area contributed by atoms with Crippen molar-refractivity contribution in [1.29, 1.82) is 0 Å². The van der Waals surface area contributed by atoms with E-state index in [4.69, 9.17) is 5.73 Å². The highest BCUT2D eigenvalue weighted by Crippen LogP contribution is 2.27. The van der Waals surface area contributed by atoms with Gasteiger partial charge in [0, 0.05) is 19.1 Å². The lowest BCUT2D eigenvalue weighted by Gasteiger charge is -2.34. The van der Waals surface area contributed by atoms with Crippen LogP contribution in [0.2, 0.25) is 0 Å². The molecule has 4 nitrogen and oxygen atoms in total. The van der Waals surface area contributed by atoms with E-state index >= 15 is 0 Å². The van der Waals surface area contributed by atoms with E-state index in [1.807, 2.05) is 19.1 Å². The van der Waals surface area contributed by atoms with Crippen molar-refractivity contribution < 1.29 is 8.42 Å². The zero-order chi connectivity index (χ0) is 13.9. The fourth-order valence-electron chi connectivity index (χ4n) is 2.70. The summed E-state index contributed by atoms with van der Waals surface area (Å²) in [5, 5.41) is 0. The molecular formula is C14H23ClN2O2S. The predicted octanol–water partition coefficient (Wildman–Crippen LogP) is 2.17. The minimum absolute atomic E-state index is 0. The van der Waals surface area contributed by atoms with Crippen LogP contribution in [0, 0.1) is 0 Å². The van der Waals surface area contributed by atoms with Gasteiger partial charge in [0.05, 0.1) is 4.90 Å². The molecule has 1 aromatic rings. The summed E-state index contributed by atoms with van der Waals surface area (Å²) in [7, 11) is -3.41. The Morgan fingerprint density at radius 3 is 2.65 bits per heavy atom. The van der Waals surface area contributed by atoms with Crippen molar-refractivity contribution in [2.75, 3.05) is 13.1 Å². The minimum atomic E-state index is -3.41. The van der Waals surface area contributed by atoms with Gasteiger partial charge in [-0.1, -0.05) is 31.5 Å². The first-order valence-corrected chi connectivity index (χ1v) is 8.35. The summed E-state index contributed by atoms with van der Waals surface area (Å²) in [6.45, 7) is 2.96. The van der Waals surface area contributed by atoms with Crippen LogP contribution in [-0.4, -0.2) is 31.9 Å². The van der Waals surface area contributed by atoms with Crippen LogP contribution in [0.1, 0.15) is 31.7 Å². The number of nitrogens with zero attached hydrogens (tertiary/aromatic N) is 1. The molecule has 0 bridgehead atoms. The molecule has 0 aliphatic carbocycles. The zero-order valence-electron chi connectivity index (χ0n) is 11.8. The van der Waals surface area contributed by atoms with Crippen LogP contribution in [0.25, 0.3) is 0 Å². The molecule has 1 saturated heterocycles. The van der Waals surface area contributed by atoms with Gasteiger partial charge in [0.2, 0.25) is 10.0 Å². The number of aryl methyl sites for hydroxylation is 1. The Hall–Kier alpha value is -0.620. The highest BCUT2D eigenvalue weighted by Gasteiger charge is 2.33. The van der Waals surface area contributed by atoms with E-state index < -0.39 is 10.0 Å². The summed E-state index contributed by atoms with van der Waals surface area (Å²) < 4.78 is 27.2. The van der Waals surface area contributed by atoms with Gasteiger partial charge in [-0.05, 0) is 30.9 Å². The van der Waals surface area contributed by atoms with E-state index in [2.05, 4.69) is 0 Å². The zero-order valence-corrected chi connectivity index (χ0v) is 13.4. The molecule has 0 spiro atoms. The summed E-state index contributed by atoms with van der Waals surface area (Å²) in [6, 6.07) is 7.20. The van der Waals surface area contributed by atoms with E-state index in [-0.39, 0.29) is 18.4 Å². The van der Waals surface area contributed by atoms with Gasteiger partial charge < -0.3 is 5.73 Å². The average molecular weight is 319 g/mol. The molecule has 1 fully saturated rings. The van der Waals surface area contributed by atoms with Crippen LogP contribution in [0.3, 0.4) is 0 Å². The first-order chi connectivity index (χ1) is 9.11. The topological polar surface area (TPSA) is 63.4 Å². The highest BCUT2D eigenvalue weighted by molar-refractivity contribution is 7.89. The standard InChI is InChI=1S/C14H22N2O2S.ClH/c1-2-12-7-3-4-9-14(12)19(17,18)16-10-6-5-8-13(16)11-15;/h3-4,7,9,13H,2,5-6,8,10-11,15H2,1H3;1H. The molecule has 0 radical (unpaired) electrons. The van der Waals surface area contributed by atoms with Gasteiger partial charge in [0.1, 0.15) is 0 Å². The fraction of sp³-hybridized carbons (Fsp3) is 0.571. The van der Waals surface area contributed by atoms with Crippen LogP contribution >= 0.6 is 12.4 Å². The van der Waals surface area contributed by atoms with Crippen molar-refractivity contribution in [1.82, 2.24) is 4.31 Å². The molecule has 1 aliphatic heterocycles.